The van der Waals surface area contributed by atoms with Crippen molar-refractivity contribution < 1.29 is 19.0 Å². The van der Waals surface area contributed by atoms with Crippen molar-refractivity contribution in [2.75, 3.05) is 6.79 Å². The topological polar surface area (TPSA) is 92.4 Å². The number of ketones is 1. The number of fused-ring (bicyclic) bond motifs is 1. The molecular weight excluding hydrogens is 332 g/mol. The molecule has 2 atom stereocenters. The van der Waals surface area contributed by atoms with Gasteiger partial charge in [0, 0.05) is 35.4 Å². The molecular formula is C17H13ClN2O4. The predicted octanol–water partition coefficient (Wildman–Crippen LogP) is 3.31. The number of hydrogen-bond acceptors (Lipinski definition) is 6. The van der Waals surface area contributed by atoms with Crippen LogP contribution in [0.1, 0.15) is 30.7 Å². The normalized spacial score (nSPS) is 25.2. The highest BCUT2D eigenvalue weighted by molar-refractivity contribution is 6.31. The summed E-state index contributed by atoms with van der Waals surface area (Å²) in [5, 5.41) is 18.0. The smallest absolute Gasteiger partial charge is 0.231 e. The van der Waals surface area contributed by atoms with E-state index in [1.54, 1.807) is 12.1 Å². The van der Waals surface area contributed by atoms with Crippen LogP contribution in [-0.4, -0.2) is 18.5 Å². The van der Waals surface area contributed by atoms with E-state index in [9.17, 15) is 10.1 Å². The van der Waals surface area contributed by atoms with Crippen LogP contribution >= 0.6 is 11.6 Å². The summed E-state index contributed by atoms with van der Waals surface area (Å²) < 4.78 is 16.2. The van der Waals surface area contributed by atoms with E-state index in [4.69, 9.17) is 31.2 Å². The number of nitriles is 1. The van der Waals surface area contributed by atoms with Crippen LogP contribution in [0.4, 0.5) is 0 Å². The lowest BCUT2D eigenvalue weighted by Gasteiger charge is -2.34. The van der Waals surface area contributed by atoms with Gasteiger partial charge in [0.15, 0.2) is 17.3 Å². The molecule has 6 nitrogen and oxygen atoms in total. The molecule has 1 N–H and O–H groups in total. The summed E-state index contributed by atoms with van der Waals surface area (Å²) in [5.41, 5.74) is 1.05. The van der Waals surface area contributed by atoms with Crippen molar-refractivity contribution in [3.8, 4) is 17.6 Å². The van der Waals surface area contributed by atoms with E-state index in [0.717, 1.165) is 0 Å². The number of nitrogens with zero attached hydrogens (tertiary/aromatic N) is 1. The van der Waals surface area contributed by atoms with Gasteiger partial charge in [0.2, 0.25) is 12.7 Å². The molecule has 24 heavy (non-hydrogen) atoms. The van der Waals surface area contributed by atoms with Crippen LogP contribution in [0.3, 0.4) is 0 Å². The predicted molar refractivity (Wildman–Crippen MR) is 84.1 cm³/mol. The van der Waals surface area contributed by atoms with E-state index >= 15 is 0 Å². The van der Waals surface area contributed by atoms with Gasteiger partial charge in [-0.1, -0.05) is 11.6 Å². The lowest BCUT2D eigenvalue weighted by molar-refractivity contribution is -0.116. The Morgan fingerprint density at radius 2 is 2.00 bits per heavy atom. The maximum atomic E-state index is 12.5. The van der Waals surface area contributed by atoms with Crippen LogP contribution in [0.5, 0.6) is 11.5 Å². The maximum absolute atomic E-state index is 12.5. The van der Waals surface area contributed by atoms with Crippen LogP contribution < -0.4 is 9.47 Å². The number of ether oxygens (including phenoxy) is 3. The molecule has 2 heterocycles. The van der Waals surface area contributed by atoms with E-state index in [-0.39, 0.29) is 18.5 Å². The minimum absolute atomic E-state index is 0.0530. The lowest BCUT2D eigenvalue weighted by atomic mass is 9.74. The van der Waals surface area contributed by atoms with Crippen molar-refractivity contribution in [1.29, 1.82) is 10.7 Å². The fourth-order valence-electron chi connectivity index (χ4n) is 3.44. The standard InChI is InChI=1S/C17H13ClN2O4/c18-10-5-14-13(22-7-23-14)4-8(10)15-9(6-19)17(20)24-12-3-1-2-11(21)16(12)15/h4-5,9,15,20H,1-3,7H2. The van der Waals surface area contributed by atoms with Gasteiger partial charge in [-0.2, -0.15) is 5.26 Å². The second-order valence-electron chi connectivity index (χ2n) is 5.89. The Balaban J connectivity index is 1.91. The third-order valence-electron chi connectivity index (χ3n) is 4.53. The summed E-state index contributed by atoms with van der Waals surface area (Å²) in [7, 11) is 0. The summed E-state index contributed by atoms with van der Waals surface area (Å²) in [4.78, 5) is 12.5. The highest BCUT2D eigenvalue weighted by atomic mass is 35.5. The molecule has 1 aliphatic carbocycles. The van der Waals surface area contributed by atoms with Gasteiger partial charge in [-0.15, -0.1) is 0 Å². The van der Waals surface area contributed by atoms with Crippen LogP contribution in [-0.2, 0) is 9.53 Å². The monoisotopic (exact) mass is 344 g/mol. The Labute approximate surface area is 143 Å². The second kappa shape index (κ2) is 5.53. The largest absolute Gasteiger partial charge is 0.454 e. The van der Waals surface area contributed by atoms with Crippen molar-refractivity contribution in [1.82, 2.24) is 0 Å². The van der Waals surface area contributed by atoms with Gasteiger partial charge in [0.05, 0.1) is 6.07 Å². The van der Waals surface area contributed by atoms with Crippen LogP contribution in [0.2, 0.25) is 5.02 Å². The van der Waals surface area contributed by atoms with Crippen molar-refractivity contribution in [3.63, 3.8) is 0 Å². The summed E-state index contributed by atoms with van der Waals surface area (Å²) in [6.07, 6.45) is 1.68. The zero-order chi connectivity index (χ0) is 16.8. The summed E-state index contributed by atoms with van der Waals surface area (Å²) in [6, 6.07) is 5.41. The maximum Gasteiger partial charge on any atom is 0.231 e. The summed E-state index contributed by atoms with van der Waals surface area (Å²) in [6.45, 7) is 0.104. The molecule has 2 unspecified atom stereocenters. The van der Waals surface area contributed by atoms with E-state index < -0.39 is 11.8 Å². The third kappa shape index (κ3) is 2.16. The van der Waals surface area contributed by atoms with Crippen LogP contribution in [0.15, 0.2) is 23.5 Å². The first-order valence-electron chi connectivity index (χ1n) is 7.61. The van der Waals surface area contributed by atoms with Crippen molar-refractivity contribution in [3.05, 3.63) is 34.1 Å². The van der Waals surface area contributed by atoms with Gasteiger partial charge in [0.25, 0.3) is 0 Å². The Hall–Kier alpha value is -2.52. The highest BCUT2D eigenvalue weighted by Crippen LogP contribution is 2.48. The zero-order valence-electron chi connectivity index (χ0n) is 12.6. The Bertz CT molecular complexity index is 840. The van der Waals surface area contributed by atoms with Gasteiger partial charge in [-0.25, -0.2) is 0 Å². The minimum atomic E-state index is -0.899. The number of nitrogens with one attached hydrogen (secondary N) is 1. The highest BCUT2D eigenvalue weighted by Gasteiger charge is 2.43. The van der Waals surface area contributed by atoms with E-state index in [0.29, 0.717) is 52.7 Å². The fraction of sp³-hybridized carbons (Fsp3) is 0.353. The Morgan fingerprint density at radius 1 is 1.25 bits per heavy atom. The quantitative estimate of drug-likeness (QED) is 0.843. The molecule has 122 valence electrons. The molecule has 0 radical (unpaired) electrons. The Kier molecular flexibility index (Phi) is 3.47. The fourth-order valence-corrected chi connectivity index (χ4v) is 3.71. The summed E-state index contributed by atoms with van der Waals surface area (Å²) in [5.74, 6) is -0.184. The zero-order valence-corrected chi connectivity index (χ0v) is 13.4. The van der Waals surface area contributed by atoms with E-state index in [2.05, 4.69) is 6.07 Å². The molecule has 4 rings (SSSR count). The molecule has 1 aromatic rings. The number of halogens is 1. The molecule has 0 spiro atoms. The third-order valence-corrected chi connectivity index (χ3v) is 4.86. The lowest BCUT2D eigenvalue weighted by Crippen LogP contribution is -2.34. The summed E-state index contributed by atoms with van der Waals surface area (Å²) >= 11 is 6.40. The first-order valence-corrected chi connectivity index (χ1v) is 7.99. The molecule has 2 aliphatic heterocycles. The molecule has 0 saturated heterocycles. The minimum Gasteiger partial charge on any atom is -0.454 e. The molecule has 3 aliphatic rings. The van der Waals surface area contributed by atoms with Crippen LogP contribution in [0, 0.1) is 22.7 Å². The molecule has 7 heteroatoms. The molecule has 0 saturated carbocycles. The molecule has 0 aromatic heterocycles. The first-order chi connectivity index (χ1) is 11.6. The van der Waals surface area contributed by atoms with E-state index in [1.807, 2.05) is 0 Å². The second-order valence-corrected chi connectivity index (χ2v) is 6.30. The average molecular weight is 345 g/mol. The van der Waals surface area contributed by atoms with Crippen molar-refractivity contribution in [2.24, 2.45) is 5.92 Å². The molecule has 0 amide bonds. The van der Waals surface area contributed by atoms with Crippen molar-refractivity contribution >= 4 is 23.3 Å². The van der Waals surface area contributed by atoms with Gasteiger partial charge in [-0.3, -0.25) is 10.2 Å². The number of Topliss-reactive ketones (excluding diaryl/α,β-unsaturated/α-hetero) is 1. The number of rotatable bonds is 1. The molecule has 0 fully saturated rings. The SMILES string of the molecule is N#CC1C(=N)OC2=C(C(=O)CCC2)C1c1cc2c(cc1Cl)OCO2. The van der Waals surface area contributed by atoms with Gasteiger partial charge < -0.3 is 14.2 Å². The van der Waals surface area contributed by atoms with Gasteiger partial charge in [-0.05, 0) is 18.1 Å². The number of carbonyl (C=O) groups excluding carboxylic acids is 1. The van der Waals surface area contributed by atoms with E-state index in [1.165, 1.54) is 0 Å². The number of carbonyl (C=O) groups is 1. The van der Waals surface area contributed by atoms with Gasteiger partial charge in [0.1, 0.15) is 11.7 Å². The number of hydrogen-bond donors (Lipinski definition) is 1. The Morgan fingerprint density at radius 3 is 2.75 bits per heavy atom. The average Bonchev–Trinajstić information content (AvgIpc) is 3.00. The first kappa shape index (κ1) is 15.0. The van der Waals surface area contributed by atoms with Crippen LogP contribution in [0.25, 0.3) is 0 Å². The molecule has 1 aromatic carbocycles. The van der Waals surface area contributed by atoms with Gasteiger partial charge >= 0.3 is 0 Å². The molecule has 0 bridgehead atoms. The van der Waals surface area contributed by atoms with Crippen molar-refractivity contribution in [2.45, 2.75) is 25.2 Å². The number of allylic oxidation sites excluding steroid dienone is 2. The number of benzene rings is 1.